The maximum absolute atomic E-state index is 4.21. The van der Waals surface area contributed by atoms with Crippen molar-refractivity contribution in [2.24, 2.45) is 4.99 Å². The Balaban J connectivity index is 2.46. The molecule has 0 radical (unpaired) electrons. The normalized spacial score (nSPS) is 15.2. The van der Waals surface area contributed by atoms with E-state index in [1.54, 1.807) is 0 Å². The molecule has 2 nitrogen and oxygen atoms in total. The van der Waals surface area contributed by atoms with E-state index < -0.39 is 0 Å². The maximum Gasteiger partial charge on any atom is 0.0896 e. The molecule has 0 amide bonds. The number of rotatable bonds is 1. The molecular weight excluding hydrogens is 308 g/mol. The standard InChI is InChI=1S/C10H10Br2N2/c1-7-4-8(11)10(9(12)5-7)14-3-2-13-6-14/h4-6H,2-3H2,1H3. The van der Waals surface area contributed by atoms with Crippen LogP contribution < -0.4 is 4.90 Å². The molecule has 14 heavy (non-hydrogen) atoms. The second-order valence-corrected chi connectivity index (χ2v) is 5.00. The van der Waals surface area contributed by atoms with Gasteiger partial charge >= 0.3 is 0 Å². The van der Waals surface area contributed by atoms with Gasteiger partial charge in [-0.1, -0.05) is 0 Å². The predicted molar refractivity (Wildman–Crippen MR) is 67.3 cm³/mol. The second kappa shape index (κ2) is 4.03. The number of aliphatic imine (C=N–C) groups is 1. The van der Waals surface area contributed by atoms with Gasteiger partial charge in [0.25, 0.3) is 0 Å². The number of anilines is 1. The van der Waals surface area contributed by atoms with Gasteiger partial charge in [0.05, 0.1) is 18.6 Å². The van der Waals surface area contributed by atoms with E-state index >= 15 is 0 Å². The number of nitrogens with zero attached hydrogens (tertiary/aromatic N) is 2. The van der Waals surface area contributed by atoms with Crippen molar-refractivity contribution in [2.45, 2.75) is 6.92 Å². The van der Waals surface area contributed by atoms with Crippen LogP contribution >= 0.6 is 31.9 Å². The Kier molecular flexibility index (Phi) is 2.93. The summed E-state index contributed by atoms with van der Waals surface area (Å²) in [5, 5.41) is 0. The smallest absolute Gasteiger partial charge is 0.0896 e. The molecule has 0 aromatic heterocycles. The Hall–Kier alpha value is -0.350. The maximum atomic E-state index is 4.21. The summed E-state index contributed by atoms with van der Waals surface area (Å²) in [6, 6.07) is 4.23. The topological polar surface area (TPSA) is 15.6 Å². The summed E-state index contributed by atoms with van der Waals surface area (Å²) < 4.78 is 2.22. The molecule has 0 spiro atoms. The molecular formula is C10H10Br2N2. The van der Waals surface area contributed by atoms with Crippen molar-refractivity contribution in [1.29, 1.82) is 0 Å². The van der Waals surface area contributed by atoms with E-state index in [1.165, 1.54) is 5.56 Å². The van der Waals surface area contributed by atoms with Crippen LogP contribution in [-0.4, -0.2) is 19.4 Å². The highest BCUT2D eigenvalue weighted by Crippen LogP contribution is 2.35. The predicted octanol–water partition coefficient (Wildman–Crippen LogP) is 3.37. The van der Waals surface area contributed by atoms with Gasteiger partial charge in [0.15, 0.2) is 0 Å². The van der Waals surface area contributed by atoms with E-state index in [-0.39, 0.29) is 0 Å². The minimum atomic E-state index is 0.882. The Morgan fingerprint density at radius 1 is 1.29 bits per heavy atom. The van der Waals surface area contributed by atoms with Crippen LogP contribution in [0, 0.1) is 6.92 Å². The molecule has 0 unspecified atom stereocenters. The summed E-state index contributed by atoms with van der Waals surface area (Å²) in [6.07, 6.45) is 1.89. The molecule has 2 rings (SSSR count). The molecule has 1 aromatic carbocycles. The summed E-state index contributed by atoms with van der Waals surface area (Å²) in [6.45, 7) is 3.92. The van der Waals surface area contributed by atoms with Gasteiger partial charge in [0.2, 0.25) is 0 Å². The molecule has 0 bridgehead atoms. The fourth-order valence-corrected chi connectivity index (χ4v) is 3.39. The van der Waals surface area contributed by atoms with Gasteiger partial charge in [-0.05, 0) is 56.5 Å². The largest absolute Gasteiger partial charge is 0.329 e. The average molecular weight is 318 g/mol. The number of benzene rings is 1. The van der Waals surface area contributed by atoms with Gasteiger partial charge < -0.3 is 4.90 Å². The lowest BCUT2D eigenvalue weighted by atomic mass is 10.2. The Bertz CT molecular complexity index is 365. The Labute approximate surface area is 100 Å². The third-order valence-electron chi connectivity index (χ3n) is 2.14. The fraction of sp³-hybridized carbons (Fsp3) is 0.300. The third-order valence-corrected chi connectivity index (χ3v) is 3.35. The molecule has 0 N–H and O–H groups in total. The first-order valence-corrected chi connectivity index (χ1v) is 5.99. The zero-order chi connectivity index (χ0) is 10.1. The van der Waals surface area contributed by atoms with Gasteiger partial charge in [-0.15, -0.1) is 0 Å². The molecule has 0 saturated carbocycles. The van der Waals surface area contributed by atoms with Crippen LogP contribution in [0.1, 0.15) is 5.56 Å². The zero-order valence-corrected chi connectivity index (χ0v) is 11.0. The molecule has 0 aliphatic carbocycles. The Morgan fingerprint density at radius 2 is 1.93 bits per heavy atom. The summed E-state index contributed by atoms with van der Waals surface area (Å²) in [5.74, 6) is 0. The minimum Gasteiger partial charge on any atom is -0.329 e. The molecule has 1 aliphatic heterocycles. The van der Waals surface area contributed by atoms with E-state index in [1.807, 2.05) is 6.34 Å². The highest BCUT2D eigenvalue weighted by Gasteiger charge is 2.15. The number of aryl methyl sites for hydroxylation is 1. The lowest BCUT2D eigenvalue weighted by Crippen LogP contribution is -2.19. The third kappa shape index (κ3) is 1.86. The van der Waals surface area contributed by atoms with Crippen LogP contribution in [0.15, 0.2) is 26.1 Å². The molecule has 0 fully saturated rings. The van der Waals surface area contributed by atoms with Crippen LogP contribution in [0.5, 0.6) is 0 Å². The first kappa shape index (κ1) is 10.2. The quantitative estimate of drug-likeness (QED) is 0.775. The van der Waals surface area contributed by atoms with Crippen molar-refractivity contribution in [3.63, 3.8) is 0 Å². The first-order valence-electron chi connectivity index (χ1n) is 4.41. The highest BCUT2D eigenvalue weighted by molar-refractivity contribution is 9.11. The van der Waals surface area contributed by atoms with Gasteiger partial charge in [0, 0.05) is 15.5 Å². The van der Waals surface area contributed by atoms with Crippen LogP contribution in [0.25, 0.3) is 0 Å². The average Bonchev–Trinajstić information content (AvgIpc) is 2.54. The minimum absolute atomic E-state index is 0.882. The van der Waals surface area contributed by atoms with E-state index in [0.717, 1.165) is 27.7 Å². The van der Waals surface area contributed by atoms with E-state index in [0.29, 0.717) is 0 Å². The summed E-state index contributed by atoms with van der Waals surface area (Å²) in [5.41, 5.74) is 2.40. The molecule has 1 aromatic rings. The second-order valence-electron chi connectivity index (χ2n) is 3.29. The summed E-state index contributed by atoms with van der Waals surface area (Å²) in [7, 11) is 0. The molecule has 0 atom stereocenters. The van der Waals surface area contributed by atoms with Crippen LogP contribution in [-0.2, 0) is 0 Å². The van der Waals surface area contributed by atoms with Crippen LogP contribution in [0.4, 0.5) is 5.69 Å². The number of hydrogen-bond donors (Lipinski definition) is 0. The summed E-state index contributed by atoms with van der Waals surface area (Å²) >= 11 is 7.15. The fourth-order valence-electron chi connectivity index (χ4n) is 1.52. The van der Waals surface area contributed by atoms with Crippen molar-refractivity contribution in [3.8, 4) is 0 Å². The van der Waals surface area contributed by atoms with Gasteiger partial charge in [-0.25, -0.2) is 0 Å². The lowest BCUT2D eigenvalue weighted by Gasteiger charge is -2.18. The molecule has 1 heterocycles. The van der Waals surface area contributed by atoms with Crippen molar-refractivity contribution < 1.29 is 0 Å². The van der Waals surface area contributed by atoms with Crippen molar-refractivity contribution in [2.75, 3.05) is 18.0 Å². The van der Waals surface area contributed by atoms with Crippen molar-refractivity contribution in [1.82, 2.24) is 0 Å². The van der Waals surface area contributed by atoms with Gasteiger partial charge in [-0.3, -0.25) is 4.99 Å². The van der Waals surface area contributed by atoms with Gasteiger partial charge in [-0.2, -0.15) is 0 Å². The van der Waals surface area contributed by atoms with Crippen molar-refractivity contribution >= 4 is 43.9 Å². The Morgan fingerprint density at radius 3 is 2.43 bits per heavy atom. The molecule has 1 aliphatic rings. The number of halogens is 2. The zero-order valence-electron chi connectivity index (χ0n) is 7.80. The lowest BCUT2D eigenvalue weighted by molar-refractivity contribution is 1.02. The SMILES string of the molecule is Cc1cc(Br)c(N2C=NCC2)c(Br)c1. The van der Waals surface area contributed by atoms with E-state index in [9.17, 15) is 0 Å². The highest BCUT2D eigenvalue weighted by atomic mass is 79.9. The molecule has 0 saturated heterocycles. The first-order chi connectivity index (χ1) is 6.68. The summed E-state index contributed by atoms with van der Waals surface area (Å²) in [4.78, 5) is 6.35. The molecule has 4 heteroatoms. The van der Waals surface area contributed by atoms with Crippen LogP contribution in [0.3, 0.4) is 0 Å². The monoisotopic (exact) mass is 316 g/mol. The molecule has 74 valence electrons. The van der Waals surface area contributed by atoms with E-state index in [2.05, 4.69) is 60.8 Å². The number of hydrogen-bond acceptors (Lipinski definition) is 2. The van der Waals surface area contributed by atoms with Crippen molar-refractivity contribution in [3.05, 3.63) is 26.6 Å². The van der Waals surface area contributed by atoms with Gasteiger partial charge in [0.1, 0.15) is 0 Å². The van der Waals surface area contributed by atoms with Crippen LogP contribution in [0.2, 0.25) is 0 Å². The van der Waals surface area contributed by atoms with E-state index in [4.69, 9.17) is 0 Å².